The molecule has 7 heteroatoms. The summed E-state index contributed by atoms with van der Waals surface area (Å²) in [5.41, 5.74) is 0.835. The zero-order valence-corrected chi connectivity index (χ0v) is 13.9. The number of halogens is 1. The Kier molecular flexibility index (Phi) is 5.25. The number of hydrogen-bond acceptors (Lipinski definition) is 5. The van der Waals surface area contributed by atoms with Crippen LogP contribution in [0.5, 0.6) is 0 Å². The zero-order valence-electron chi connectivity index (χ0n) is 12.4. The highest BCUT2D eigenvalue weighted by molar-refractivity contribution is 8.13. The van der Waals surface area contributed by atoms with Crippen LogP contribution in [0.15, 0.2) is 33.8 Å². The maximum Gasteiger partial charge on any atom is 0.249 e. The van der Waals surface area contributed by atoms with E-state index in [1.165, 1.54) is 0 Å². The molecule has 1 atom stereocenters. The molecule has 112 valence electrons. The van der Waals surface area contributed by atoms with Crippen LogP contribution in [-0.2, 0) is 0 Å². The van der Waals surface area contributed by atoms with E-state index < -0.39 is 0 Å². The summed E-state index contributed by atoms with van der Waals surface area (Å²) in [6, 6.07) is 7.32. The van der Waals surface area contributed by atoms with Gasteiger partial charge in [0.25, 0.3) is 0 Å². The monoisotopic (exact) mass is 324 g/mol. The smallest absolute Gasteiger partial charge is 0.249 e. The molecule has 1 aromatic heterocycles. The third-order valence-corrected chi connectivity index (χ3v) is 4.21. The number of hydrogen-bond donors (Lipinski definition) is 0. The van der Waals surface area contributed by atoms with Gasteiger partial charge in [-0.2, -0.15) is 4.98 Å². The Hall–Kier alpha value is -1.53. The van der Waals surface area contributed by atoms with Crippen molar-refractivity contribution in [2.45, 2.75) is 13.0 Å². The lowest BCUT2D eigenvalue weighted by atomic mass is 10.2. The topological polar surface area (TPSA) is 54.5 Å². The molecule has 0 aliphatic rings. The Bertz CT molecular complexity index is 643. The third-order valence-electron chi connectivity index (χ3n) is 3.14. The first kappa shape index (κ1) is 15.9. The molecule has 0 amide bonds. The van der Waals surface area contributed by atoms with Gasteiger partial charge in [-0.3, -0.25) is 4.99 Å². The minimum atomic E-state index is -0.0587. The number of thioether (sulfide) groups is 1. The Labute approximate surface area is 133 Å². The number of aliphatic imine (C=N–C) groups is 1. The second-order valence-electron chi connectivity index (χ2n) is 4.46. The van der Waals surface area contributed by atoms with E-state index in [0.29, 0.717) is 16.7 Å². The molecule has 2 rings (SSSR count). The van der Waals surface area contributed by atoms with Crippen molar-refractivity contribution in [1.82, 2.24) is 15.0 Å². The average Bonchev–Trinajstić information content (AvgIpc) is 2.97. The first-order valence-electron chi connectivity index (χ1n) is 6.40. The molecule has 0 saturated heterocycles. The van der Waals surface area contributed by atoms with Gasteiger partial charge in [-0.15, -0.1) is 0 Å². The third kappa shape index (κ3) is 3.57. The predicted octanol–water partition coefficient (Wildman–Crippen LogP) is 3.73. The predicted molar refractivity (Wildman–Crippen MR) is 87.8 cm³/mol. The van der Waals surface area contributed by atoms with Gasteiger partial charge in [0.1, 0.15) is 6.04 Å². The standard InChI is InChI=1S/C14H17ClN4OS/c1-9(19(3)14(16-2)21-4)13-17-12(18-20-13)10-6-5-7-11(15)8-10/h5-9H,1-4H3/b16-14-. The van der Waals surface area contributed by atoms with E-state index in [2.05, 4.69) is 15.1 Å². The van der Waals surface area contributed by atoms with Crippen LogP contribution >= 0.6 is 23.4 Å². The van der Waals surface area contributed by atoms with Gasteiger partial charge in [-0.1, -0.05) is 40.7 Å². The second kappa shape index (κ2) is 6.95. The lowest BCUT2D eigenvalue weighted by Crippen LogP contribution is -2.27. The summed E-state index contributed by atoms with van der Waals surface area (Å²) in [6.45, 7) is 2.00. The van der Waals surface area contributed by atoms with Crippen molar-refractivity contribution < 1.29 is 4.52 Å². The molecule has 21 heavy (non-hydrogen) atoms. The molecule has 2 aromatic rings. The molecule has 1 heterocycles. The first-order chi connectivity index (χ1) is 10.1. The Morgan fingerprint density at radius 1 is 1.48 bits per heavy atom. The molecule has 0 aliphatic heterocycles. The van der Waals surface area contributed by atoms with Crippen LogP contribution in [0, 0.1) is 0 Å². The normalized spacial score (nSPS) is 13.3. The van der Waals surface area contributed by atoms with Crippen LogP contribution in [0.25, 0.3) is 11.4 Å². The van der Waals surface area contributed by atoms with Gasteiger partial charge in [0, 0.05) is 24.7 Å². The van der Waals surface area contributed by atoms with E-state index in [-0.39, 0.29) is 6.04 Å². The lowest BCUT2D eigenvalue weighted by Gasteiger charge is -2.23. The van der Waals surface area contributed by atoms with Crippen LogP contribution in [0.1, 0.15) is 18.9 Å². The molecule has 0 radical (unpaired) electrons. The summed E-state index contributed by atoms with van der Waals surface area (Å²) in [6.07, 6.45) is 1.98. The molecule has 0 saturated carbocycles. The Morgan fingerprint density at radius 2 is 2.24 bits per heavy atom. The highest BCUT2D eigenvalue weighted by atomic mass is 35.5. The van der Waals surface area contributed by atoms with Crippen LogP contribution in [0.4, 0.5) is 0 Å². The fourth-order valence-electron chi connectivity index (χ4n) is 1.87. The summed E-state index contributed by atoms with van der Waals surface area (Å²) in [7, 11) is 3.72. The van der Waals surface area contributed by atoms with Gasteiger partial charge in [-0.05, 0) is 25.3 Å². The SMILES string of the molecule is C/N=C(\SC)N(C)C(C)c1nc(-c2cccc(Cl)c2)no1. The van der Waals surface area contributed by atoms with Gasteiger partial charge >= 0.3 is 0 Å². The summed E-state index contributed by atoms with van der Waals surface area (Å²) in [5, 5.41) is 5.58. The molecule has 1 unspecified atom stereocenters. The average molecular weight is 325 g/mol. The van der Waals surface area contributed by atoms with Gasteiger partial charge in [0.2, 0.25) is 11.7 Å². The van der Waals surface area contributed by atoms with E-state index >= 15 is 0 Å². The van der Waals surface area contributed by atoms with Crippen molar-refractivity contribution in [3.63, 3.8) is 0 Å². The van der Waals surface area contributed by atoms with Crippen molar-refractivity contribution in [2.75, 3.05) is 20.4 Å². The van der Waals surface area contributed by atoms with E-state index in [1.807, 2.05) is 49.4 Å². The van der Waals surface area contributed by atoms with Crippen molar-refractivity contribution in [2.24, 2.45) is 4.99 Å². The van der Waals surface area contributed by atoms with Crippen LogP contribution in [0.2, 0.25) is 5.02 Å². The quantitative estimate of drug-likeness (QED) is 0.636. The molecular weight excluding hydrogens is 308 g/mol. The second-order valence-corrected chi connectivity index (χ2v) is 5.67. The molecule has 0 aliphatic carbocycles. The van der Waals surface area contributed by atoms with Crippen molar-refractivity contribution in [3.05, 3.63) is 35.2 Å². The highest BCUT2D eigenvalue weighted by Gasteiger charge is 2.21. The maximum absolute atomic E-state index is 5.98. The molecule has 0 spiro atoms. The van der Waals surface area contributed by atoms with Gasteiger partial charge in [0.05, 0.1) is 0 Å². The molecule has 0 N–H and O–H groups in total. The Morgan fingerprint density at radius 3 is 2.86 bits per heavy atom. The summed E-state index contributed by atoms with van der Waals surface area (Å²) >= 11 is 7.56. The summed E-state index contributed by atoms with van der Waals surface area (Å²) < 4.78 is 5.37. The maximum atomic E-state index is 5.98. The lowest BCUT2D eigenvalue weighted by molar-refractivity contribution is 0.288. The summed E-state index contributed by atoms with van der Waals surface area (Å²) in [4.78, 5) is 10.7. The van der Waals surface area contributed by atoms with Crippen molar-refractivity contribution in [1.29, 1.82) is 0 Å². The summed E-state index contributed by atoms with van der Waals surface area (Å²) in [5.74, 6) is 1.08. The van der Waals surface area contributed by atoms with Crippen molar-refractivity contribution >= 4 is 28.5 Å². The molecular formula is C14H17ClN4OS. The highest BCUT2D eigenvalue weighted by Crippen LogP contribution is 2.24. The van der Waals surface area contributed by atoms with E-state index in [0.717, 1.165) is 10.7 Å². The molecule has 1 aromatic carbocycles. The minimum absolute atomic E-state index is 0.0587. The number of aromatic nitrogens is 2. The van der Waals surface area contributed by atoms with Crippen LogP contribution < -0.4 is 0 Å². The fraction of sp³-hybridized carbons (Fsp3) is 0.357. The largest absolute Gasteiger partial charge is 0.343 e. The zero-order chi connectivity index (χ0) is 15.4. The number of amidine groups is 1. The van der Waals surface area contributed by atoms with Crippen LogP contribution in [0.3, 0.4) is 0 Å². The van der Waals surface area contributed by atoms with Gasteiger partial charge in [0.15, 0.2) is 5.17 Å². The first-order valence-corrected chi connectivity index (χ1v) is 8.00. The van der Waals surface area contributed by atoms with Crippen molar-refractivity contribution in [3.8, 4) is 11.4 Å². The number of benzene rings is 1. The minimum Gasteiger partial charge on any atom is -0.343 e. The van der Waals surface area contributed by atoms with E-state index in [1.54, 1.807) is 18.8 Å². The number of nitrogens with zero attached hydrogens (tertiary/aromatic N) is 4. The van der Waals surface area contributed by atoms with Crippen LogP contribution in [-0.4, -0.2) is 40.6 Å². The van der Waals surface area contributed by atoms with E-state index in [9.17, 15) is 0 Å². The van der Waals surface area contributed by atoms with E-state index in [4.69, 9.17) is 16.1 Å². The van der Waals surface area contributed by atoms with Gasteiger partial charge < -0.3 is 9.42 Å². The molecule has 0 fully saturated rings. The molecule has 5 nitrogen and oxygen atoms in total. The molecule has 0 bridgehead atoms. The Balaban J connectivity index is 2.23. The fourth-order valence-corrected chi connectivity index (χ4v) is 2.69. The number of rotatable bonds is 3. The van der Waals surface area contributed by atoms with Gasteiger partial charge in [-0.25, -0.2) is 0 Å².